The van der Waals surface area contributed by atoms with Gasteiger partial charge in [0, 0.05) is 12.0 Å². The third kappa shape index (κ3) is 4.74. The van der Waals surface area contributed by atoms with E-state index >= 15 is 0 Å². The number of carbonyl (C=O) groups is 1. The molecule has 0 aliphatic heterocycles. The Bertz CT molecular complexity index is 259. The second kappa shape index (κ2) is 8.08. The summed E-state index contributed by atoms with van der Waals surface area (Å²) in [4.78, 5) is 11.7. The van der Waals surface area contributed by atoms with Gasteiger partial charge in [-0.05, 0) is 19.3 Å². The van der Waals surface area contributed by atoms with Crippen molar-refractivity contribution in [2.75, 3.05) is 13.2 Å². The van der Waals surface area contributed by atoms with Crippen molar-refractivity contribution >= 4 is 5.91 Å². The van der Waals surface area contributed by atoms with Crippen LogP contribution in [-0.4, -0.2) is 24.2 Å². The van der Waals surface area contributed by atoms with E-state index in [2.05, 4.69) is 5.32 Å². The van der Waals surface area contributed by atoms with Crippen LogP contribution >= 0.6 is 0 Å². The lowest BCUT2D eigenvalue weighted by Crippen LogP contribution is -2.41. The Kier molecular flexibility index (Phi) is 7.56. The molecular formula is C13H24N2O2. The predicted octanol–water partition coefficient (Wildman–Crippen LogP) is 1.84. The average molecular weight is 240 g/mol. The number of carbonyl (C=O) groups excluding carboxylic acids is 1. The fourth-order valence-corrected chi connectivity index (χ4v) is 1.72. The maximum atomic E-state index is 11.7. The van der Waals surface area contributed by atoms with Crippen molar-refractivity contribution in [3.8, 4) is 6.07 Å². The maximum absolute atomic E-state index is 11.7. The van der Waals surface area contributed by atoms with Gasteiger partial charge in [-0.2, -0.15) is 5.26 Å². The van der Waals surface area contributed by atoms with Gasteiger partial charge in [-0.1, -0.05) is 27.2 Å². The Morgan fingerprint density at radius 2 is 2.00 bits per heavy atom. The number of nitriles is 1. The second-order valence-corrected chi connectivity index (χ2v) is 4.55. The molecule has 0 saturated carbocycles. The fourth-order valence-electron chi connectivity index (χ4n) is 1.72. The zero-order valence-electron chi connectivity index (χ0n) is 11.1. The molecule has 17 heavy (non-hydrogen) atoms. The number of nitrogens with one attached hydrogen (secondary N) is 1. The number of amides is 1. The number of hydrogen-bond acceptors (Lipinski definition) is 3. The van der Waals surface area contributed by atoms with Crippen molar-refractivity contribution in [2.24, 2.45) is 11.3 Å². The number of rotatable bonds is 8. The second-order valence-electron chi connectivity index (χ2n) is 4.55. The van der Waals surface area contributed by atoms with E-state index in [9.17, 15) is 9.90 Å². The lowest BCUT2D eigenvalue weighted by atomic mass is 9.83. The molecule has 0 fully saturated rings. The smallest absolute Gasteiger partial charge is 0.237 e. The van der Waals surface area contributed by atoms with Gasteiger partial charge in [-0.3, -0.25) is 4.79 Å². The summed E-state index contributed by atoms with van der Waals surface area (Å²) in [6, 6.07) is 2.02. The summed E-state index contributed by atoms with van der Waals surface area (Å²) in [6.45, 7) is 6.45. The predicted molar refractivity (Wildman–Crippen MR) is 67.1 cm³/mol. The molecule has 0 saturated heterocycles. The minimum atomic E-state index is -0.565. The molecule has 0 spiro atoms. The molecule has 0 radical (unpaired) electrons. The van der Waals surface area contributed by atoms with Crippen LogP contribution < -0.4 is 5.32 Å². The molecule has 0 aliphatic rings. The SMILES string of the molecule is CCCC(C#N)C(=O)NCC(CC)(CC)CO. The highest BCUT2D eigenvalue weighted by Crippen LogP contribution is 2.24. The van der Waals surface area contributed by atoms with Crippen LogP contribution in [0.3, 0.4) is 0 Å². The van der Waals surface area contributed by atoms with Crippen molar-refractivity contribution in [3.05, 3.63) is 0 Å². The Balaban J connectivity index is 4.35. The first-order chi connectivity index (χ1) is 8.09. The Hall–Kier alpha value is -1.08. The van der Waals surface area contributed by atoms with E-state index < -0.39 is 5.92 Å². The zero-order valence-corrected chi connectivity index (χ0v) is 11.1. The van der Waals surface area contributed by atoms with Crippen LogP contribution in [0, 0.1) is 22.7 Å². The van der Waals surface area contributed by atoms with E-state index in [0.717, 1.165) is 19.3 Å². The van der Waals surface area contributed by atoms with Gasteiger partial charge in [0.2, 0.25) is 5.91 Å². The molecular weight excluding hydrogens is 216 g/mol. The summed E-state index contributed by atoms with van der Waals surface area (Å²) in [5.41, 5.74) is -0.248. The molecule has 0 aromatic carbocycles. The normalized spacial score (nSPS) is 12.9. The van der Waals surface area contributed by atoms with Gasteiger partial charge in [-0.15, -0.1) is 0 Å². The van der Waals surface area contributed by atoms with Gasteiger partial charge in [0.05, 0.1) is 12.7 Å². The summed E-state index contributed by atoms with van der Waals surface area (Å²) >= 11 is 0. The van der Waals surface area contributed by atoms with Gasteiger partial charge in [-0.25, -0.2) is 0 Å². The van der Waals surface area contributed by atoms with Gasteiger partial charge in [0.15, 0.2) is 0 Å². The highest BCUT2D eigenvalue weighted by atomic mass is 16.3. The quantitative estimate of drug-likeness (QED) is 0.680. The first-order valence-corrected chi connectivity index (χ1v) is 6.37. The third-order valence-corrected chi connectivity index (χ3v) is 3.52. The van der Waals surface area contributed by atoms with Crippen molar-refractivity contribution in [3.63, 3.8) is 0 Å². The van der Waals surface area contributed by atoms with Crippen LogP contribution in [0.25, 0.3) is 0 Å². The van der Waals surface area contributed by atoms with Crippen molar-refractivity contribution in [1.29, 1.82) is 5.26 Å². The highest BCUT2D eigenvalue weighted by Gasteiger charge is 2.27. The Morgan fingerprint density at radius 3 is 2.35 bits per heavy atom. The molecule has 0 aromatic heterocycles. The summed E-state index contributed by atoms with van der Waals surface area (Å²) < 4.78 is 0. The summed E-state index contributed by atoms with van der Waals surface area (Å²) in [5, 5.41) is 21.0. The van der Waals surface area contributed by atoms with E-state index in [4.69, 9.17) is 5.26 Å². The molecule has 0 aromatic rings. The Morgan fingerprint density at radius 1 is 1.41 bits per heavy atom. The van der Waals surface area contributed by atoms with Crippen molar-refractivity contribution < 1.29 is 9.90 Å². The molecule has 1 atom stereocenters. The molecule has 0 bridgehead atoms. The van der Waals surface area contributed by atoms with Crippen LogP contribution in [0.15, 0.2) is 0 Å². The summed E-state index contributed by atoms with van der Waals surface area (Å²) in [7, 11) is 0. The number of nitrogens with zero attached hydrogens (tertiary/aromatic N) is 1. The highest BCUT2D eigenvalue weighted by molar-refractivity contribution is 5.81. The number of aliphatic hydroxyl groups excluding tert-OH is 1. The molecule has 0 heterocycles. The monoisotopic (exact) mass is 240 g/mol. The molecule has 1 amide bonds. The fraction of sp³-hybridized carbons (Fsp3) is 0.846. The van der Waals surface area contributed by atoms with Crippen LogP contribution in [0.5, 0.6) is 0 Å². The molecule has 4 nitrogen and oxygen atoms in total. The first-order valence-electron chi connectivity index (χ1n) is 6.37. The molecule has 98 valence electrons. The number of hydrogen-bond donors (Lipinski definition) is 2. The molecule has 4 heteroatoms. The Labute approximate surface area is 104 Å². The average Bonchev–Trinajstić information content (AvgIpc) is 2.38. The zero-order chi connectivity index (χ0) is 13.3. The van der Waals surface area contributed by atoms with E-state index in [1.165, 1.54) is 0 Å². The lowest BCUT2D eigenvalue weighted by molar-refractivity contribution is -0.124. The van der Waals surface area contributed by atoms with Crippen LogP contribution in [0.4, 0.5) is 0 Å². The topological polar surface area (TPSA) is 73.1 Å². The lowest BCUT2D eigenvalue weighted by Gasteiger charge is -2.29. The van der Waals surface area contributed by atoms with Crippen molar-refractivity contribution in [2.45, 2.75) is 46.5 Å². The molecule has 0 aliphatic carbocycles. The molecule has 1 unspecified atom stereocenters. The minimum absolute atomic E-state index is 0.0608. The maximum Gasteiger partial charge on any atom is 0.237 e. The molecule has 0 rings (SSSR count). The first kappa shape index (κ1) is 15.9. The third-order valence-electron chi connectivity index (χ3n) is 3.52. The van der Waals surface area contributed by atoms with Gasteiger partial charge >= 0.3 is 0 Å². The summed E-state index contributed by atoms with van der Waals surface area (Å²) in [5.74, 6) is -0.779. The van der Waals surface area contributed by atoms with E-state index in [-0.39, 0.29) is 17.9 Å². The summed E-state index contributed by atoms with van der Waals surface area (Å²) in [6.07, 6.45) is 3.03. The molecule has 2 N–H and O–H groups in total. The van der Waals surface area contributed by atoms with Crippen molar-refractivity contribution in [1.82, 2.24) is 5.32 Å². The number of aliphatic hydroxyl groups is 1. The van der Waals surface area contributed by atoms with Gasteiger partial charge in [0.1, 0.15) is 5.92 Å². The van der Waals surface area contributed by atoms with Gasteiger partial charge in [0.25, 0.3) is 0 Å². The van der Waals surface area contributed by atoms with Crippen LogP contribution in [-0.2, 0) is 4.79 Å². The van der Waals surface area contributed by atoms with E-state index in [0.29, 0.717) is 13.0 Å². The van der Waals surface area contributed by atoms with E-state index in [1.54, 1.807) is 0 Å². The largest absolute Gasteiger partial charge is 0.396 e. The van der Waals surface area contributed by atoms with Crippen LogP contribution in [0.2, 0.25) is 0 Å². The standard InChI is InChI=1S/C13H24N2O2/c1-4-7-11(8-14)12(17)15-9-13(5-2,6-3)10-16/h11,16H,4-7,9-10H2,1-3H3,(H,15,17). The minimum Gasteiger partial charge on any atom is -0.396 e. The van der Waals surface area contributed by atoms with Crippen LogP contribution in [0.1, 0.15) is 46.5 Å². The van der Waals surface area contributed by atoms with E-state index in [1.807, 2.05) is 26.8 Å². The van der Waals surface area contributed by atoms with Gasteiger partial charge < -0.3 is 10.4 Å².